The molecule has 3 rings (SSSR count). The lowest BCUT2D eigenvalue weighted by Crippen LogP contribution is -2.26. The van der Waals surface area contributed by atoms with E-state index >= 15 is 0 Å². The number of hydrogen-bond donors (Lipinski definition) is 3. The van der Waals surface area contributed by atoms with E-state index in [-0.39, 0.29) is 11.4 Å². The van der Waals surface area contributed by atoms with Gasteiger partial charge in [0.05, 0.1) is 5.52 Å². The Balaban J connectivity index is 2.03. The number of rotatable bonds is 2. The Morgan fingerprint density at radius 2 is 1.90 bits per heavy atom. The fraction of sp³-hybridized carbons (Fsp3) is 0. The van der Waals surface area contributed by atoms with Gasteiger partial charge >= 0.3 is 0 Å². The molecule has 0 atom stereocenters. The Bertz CT molecular complexity index is 942. The zero-order chi connectivity index (χ0) is 14.8. The Morgan fingerprint density at radius 1 is 1.10 bits per heavy atom. The van der Waals surface area contributed by atoms with E-state index in [0.717, 1.165) is 0 Å². The van der Waals surface area contributed by atoms with Crippen molar-refractivity contribution in [1.82, 2.24) is 15.2 Å². The summed E-state index contributed by atoms with van der Waals surface area (Å²) in [6.45, 7) is 0. The van der Waals surface area contributed by atoms with E-state index in [0.29, 0.717) is 10.9 Å². The molecule has 0 saturated carbocycles. The normalized spacial score (nSPS) is 10.5. The number of amides is 1. The summed E-state index contributed by atoms with van der Waals surface area (Å²) in [7, 11) is 0. The van der Waals surface area contributed by atoms with Crippen molar-refractivity contribution in [2.45, 2.75) is 0 Å². The molecule has 3 N–H and O–H groups in total. The fourth-order valence-corrected chi connectivity index (χ4v) is 1.93. The van der Waals surface area contributed by atoms with E-state index < -0.39 is 16.9 Å². The van der Waals surface area contributed by atoms with Crippen LogP contribution in [0.4, 0.5) is 5.69 Å². The molecule has 3 aromatic rings. The molecule has 2 aromatic heterocycles. The fourth-order valence-electron chi connectivity index (χ4n) is 1.93. The lowest BCUT2D eigenvalue weighted by molar-refractivity contribution is 0.102. The number of nitrogens with zero attached hydrogens (tertiary/aromatic N) is 1. The maximum Gasteiger partial charge on any atom is 0.280 e. The third-order valence-corrected chi connectivity index (χ3v) is 2.96. The number of fused-ring (bicyclic) bond motifs is 1. The number of carbonyl (C=O) groups is 1. The van der Waals surface area contributed by atoms with E-state index in [1.165, 1.54) is 12.3 Å². The summed E-state index contributed by atoms with van der Waals surface area (Å²) in [6.07, 6.45) is 1.44. The highest BCUT2D eigenvalue weighted by atomic mass is 16.2. The van der Waals surface area contributed by atoms with Crippen LogP contribution in [0.25, 0.3) is 10.9 Å². The molecule has 0 unspecified atom stereocenters. The predicted molar refractivity (Wildman–Crippen MR) is 77.4 cm³/mol. The SMILES string of the molecule is O=C(Nc1ccc[nH]c1=O)c1n[nH]c2ccccc2c1=O. The predicted octanol–water partition coefficient (Wildman–Crippen LogP) is 0.864. The highest BCUT2D eigenvalue weighted by Crippen LogP contribution is 2.06. The van der Waals surface area contributed by atoms with Crippen molar-refractivity contribution in [2.75, 3.05) is 5.32 Å². The minimum Gasteiger partial charge on any atom is -0.327 e. The molecule has 0 fully saturated rings. The number of aromatic nitrogens is 3. The Hall–Kier alpha value is -3.22. The standard InChI is InChI=1S/C14H10N4O3/c19-12-8-4-1-2-5-9(8)17-18-11(12)14(21)16-10-6-3-7-15-13(10)20/h1-7H,(H,15,20)(H,16,21)(H,17,19). The summed E-state index contributed by atoms with van der Waals surface area (Å²) in [6, 6.07) is 9.74. The van der Waals surface area contributed by atoms with Crippen molar-refractivity contribution >= 4 is 22.5 Å². The van der Waals surface area contributed by atoms with Gasteiger partial charge in [0.1, 0.15) is 5.69 Å². The molecule has 2 heterocycles. The van der Waals surface area contributed by atoms with Gasteiger partial charge < -0.3 is 10.3 Å². The summed E-state index contributed by atoms with van der Waals surface area (Å²) < 4.78 is 0. The van der Waals surface area contributed by atoms with Gasteiger partial charge in [-0.15, -0.1) is 0 Å². The van der Waals surface area contributed by atoms with E-state index in [1.807, 2.05) is 0 Å². The number of hydrogen-bond acceptors (Lipinski definition) is 4. The molecule has 0 bridgehead atoms. The first-order valence-electron chi connectivity index (χ1n) is 6.13. The van der Waals surface area contributed by atoms with Crippen LogP contribution >= 0.6 is 0 Å². The van der Waals surface area contributed by atoms with E-state index in [1.54, 1.807) is 30.3 Å². The van der Waals surface area contributed by atoms with Gasteiger partial charge in [-0.2, -0.15) is 5.10 Å². The Kier molecular flexibility index (Phi) is 3.07. The van der Waals surface area contributed by atoms with Crippen LogP contribution in [0.15, 0.2) is 52.2 Å². The Labute approximate surface area is 117 Å². The van der Waals surface area contributed by atoms with Crippen LogP contribution in [-0.4, -0.2) is 21.1 Å². The largest absolute Gasteiger partial charge is 0.327 e. The van der Waals surface area contributed by atoms with Crippen LogP contribution < -0.4 is 16.3 Å². The number of para-hydroxylation sites is 1. The zero-order valence-electron chi connectivity index (χ0n) is 10.7. The molecule has 0 aliphatic rings. The minimum atomic E-state index is -0.737. The highest BCUT2D eigenvalue weighted by Gasteiger charge is 2.15. The van der Waals surface area contributed by atoms with E-state index in [2.05, 4.69) is 20.5 Å². The summed E-state index contributed by atoms with van der Waals surface area (Å²) in [5, 5.41) is 9.14. The summed E-state index contributed by atoms with van der Waals surface area (Å²) in [5.74, 6) is -0.737. The second-order valence-electron chi connectivity index (χ2n) is 4.31. The second-order valence-corrected chi connectivity index (χ2v) is 4.31. The van der Waals surface area contributed by atoms with Crippen molar-refractivity contribution in [1.29, 1.82) is 0 Å². The number of benzene rings is 1. The van der Waals surface area contributed by atoms with Crippen LogP contribution in [-0.2, 0) is 0 Å². The molecular weight excluding hydrogens is 272 g/mol. The number of anilines is 1. The smallest absolute Gasteiger partial charge is 0.280 e. The molecule has 1 amide bonds. The lowest BCUT2D eigenvalue weighted by Gasteiger charge is -2.04. The van der Waals surface area contributed by atoms with E-state index in [9.17, 15) is 14.4 Å². The summed E-state index contributed by atoms with van der Waals surface area (Å²) in [5.41, 5.74) is -0.650. The number of H-pyrrole nitrogens is 2. The third-order valence-electron chi connectivity index (χ3n) is 2.96. The van der Waals surface area contributed by atoms with Gasteiger partial charge in [0, 0.05) is 11.6 Å². The van der Waals surface area contributed by atoms with E-state index in [4.69, 9.17) is 0 Å². The van der Waals surface area contributed by atoms with Gasteiger partial charge in [-0.25, -0.2) is 0 Å². The summed E-state index contributed by atoms with van der Waals surface area (Å²) in [4.78, 5) is 38.2. The molecule has 0 spiro atoms. The number of nitrogens with one attached hydrogen (secondary N) is 3. The minimum absolute atomic E-state index is 0.0526. The van der Waals surface area contributed by atoms with Crippen LogP contribution in [0.3, 0.4) is 0 Å². The molecule has 7 nitrogen and oxygen atoms in total. The second kappa shape index (κ2) is 5.04. The first kappa shape index (κ1) is 12.8. The topological polar surface area (TPSA) is 108 Å². The average Bonchev–Trinajstić information content (AvgIpc) is 2.50. The average molecular weight is 282 g/mol. The lowest BCUT2D eigenvalue weighted by atomic mass is 10.2. The molecule has 0 saturated heterocycles. The van der Waals surface area contributed by atoms with Gasteiger partial charge in [0.2, 0.25) is 5.43 Å². The molecule has 7 heteroatoms. The van der Waals surface area contributed by atoms with Crippen molar-refractivity contribution in [3.8, 4) is 0 Å². The van der Waals surface area contributed by atoms with Gasteiger partial charge in [0.15, 0.2) is 5.69 Å². The van der Waals surface area contributed by atoms with Gasteiger partial charge in [-0.05, 0) is 24.3 Å². The monoisotopic (exact) mass is 282 g/mol. The maximum absolute atomic E-state index is 12.2. The third kappa shape index (κ3) is 2.32. The number of aromatic amines is 2. The molecule has 0 radical (unpaired) electrons. The summed E-state index contributed by atoms with van der Waals surface area (Å²) >= 11 is 0. The van der Waals surface area contributed by atoms with Crippen molar-refractivity contribution in [3.63, 3.8) is 0 Å². The van der Waals surface area contributed by atoms with Crippen molar-refractivity contribution < 1.29 is 4.79 Å². The molecule has 104 valence electrons. The number of pyridine rings is 1. The molecule has 0 aliphatic heterocycles. The maximum atomic E-state index is 12.2. The first-order chi connectivity index (χ1) is 10.2. The van der Waals surface area contributed by atoms with Gasteiger partial charge in [-0.1, -0.05) is 12.1 Å². The van der Waals surface area contributed by atoms with Crippen molar-refractivity contribution in [3.05, 3.63) is 68.9 Å². The van der Waals surface area contributed by atoms with Crippen LogP contribution in [0.1, 0.15) is 10.5 Å². The van der Waals surface area contributed by atoms with Crippen LogP contribution in [0.2, 0.25) is 0 Å². The van der Waals surface area contributed by atoms with Crippen LogP contribution in [0.5, 0.6) is 0 Å². The quantitative estimate of drug-likeness (QED) is 0.648. The Morgan fingerprint density at radius 3 is 2.71 bits per heavy atom. The van der Waals surface area contributed by atoms with Crippen molar-refractivity contribution in [2.24, 2.45) is 0 Å². The molecule has 21 heavy (non-hydrogen) atoms. The highest BCUT2D eigenvalue weighted by molar-refractivity contribution is 6.04. The molecular formula is C14H10N4O3. The molecule has 0 aliphatic carbocycles. The number of carbonyl (C=O) groups excluding carboxylic acids is 1. The molecule has 1 aromatic carbocycles. The van der Waals surface area contributed by atoms with Crippen LogP contribution in [0, 0.1) is 0 Å². The zero-order valence-corrected chi connectivity index (χ0v) is 10.7. The van der Waals surface area contributed by atoms with Gasteiger partial charge in [-0.3, -0.25) is 19.5 Å². The van der Waals surface area contributed by atoms with Gasteiger partial charge in [0.25, 0.3) is 11.5 Å². The first-order valence-corrected chi connectivity index (χ1v) is 6.13.